The average molecular weight is 298 g/mol. The normalized spacial score (nSPS) is 12.6. The van der Waals surface area contributed by atoms with E-state index >= 15 is 0 Å². The molecule has 0 saturated carbocycles. The minimum atomic E-state index is -1.07. The van der Waals surface area contributed by atoms with Crippen molar-refractivity contribution in [3.63, 3.8) is 0 Å². The summed E-state index contributed by atoms with van der Waals surface area (Å²) >= 11 is 5.61. The monoisotopic (exact) mass is 297 g/mol. The molecule has 0 aliphatic rings. The largest absolute Gasteiger partial charge is 0.480 e. The van der Waals surface area contributed by atoms with Gasteiger partial charge in [0.15, 0.2) is 0 Å². The van der Waals surface area contributed by atoms with E-state index in [9.17, 15) is 14.3 Å². The Balaban J connectivity index is 2.26. The van der Waals surface area contributed by atoms with Gasteiger partial charge in [-0.2, -0.15) is 0 Å². The minimum Gasteiger partial charge on any atom is -0.480 e. The fourth-order valence-corrected chi connectivity index (χ4v) is 2.10. The van der Waals surface area contributed by atoms with Crippen LogP contribution in [0.15, 0.2) is 30.6 Å². The second-order valence-corrected chi connectivity index (χ2v) is 4.77. The number of benzene rings is 1. The Morgan fingerprint density at radius 1 is 1.60 bits per heavy atom. The molecule has 7 heteroatoms. The molecule has 0 aliphatic heterocycles. The molecule has 0 fully saturated rings. The second kappa shape index (κ2) is 6.02. The number of imidazole rings is 1. The van der Waals surface area contributed by atoms with Crippen LogP contribution >= 0.6 is 11.6 Å². The first-order valence-electron chi connectivity index (χ1n) is 5.85. The lowest BCUT2D eigenvalue weighted by atomic mass is 10.1. The van der Waals surface area contributed by atoms with Gasteiger partial charge in [-0.15, -0.1) is 0 Å². The number of hydrogen-bond donors (Lipinski definition) is 2. The van der Waals surface area contributed by atoms with Crippen LogP contribution in [-0.2, 0) is 11.3 Å². The van der Waals surface area contributed by atoms with E-state index < -0.39 is 17.8 Å². The number of aliphatic carboxylic acids is 1. The average Bonchev–Trinajstić information content (AvgIpc) is 2.86. The first-order valence-corrected chi connectivity index (χ1v) is 6.23. The summed E-state index contributed by atoms with van der Waals surface area (Å²) in [6, 6.07) is 3.01. The first kappa shape index (κ1) is 14.5. The van der Waals surface area contributed by atoms with Crippen molar-refractivity contribution in [3.8, 4) is 0 Å². The molecule has 2 N–H and O–H groups in total. The molecule has 0 amide bonds. The van der Waals surface area contributed by atoms with Gasteiger partial charge in [-0.25, -0.2) is 9.37 Å². The Kier molecular flexibility index (Phi) is 4.36. The summed E-state index contributed by atoms with van der Waals surface area (Å²) in [5.41, 5.74) is 0.327. The van der Waals surface area contributed by atoms with E-state index in [1.54, 1.807) is 24.3 Å². The molecule has 106 valence electrons. The van der Waals surface area contributed by atoms with Crippen molar-refractivity contribution in [2.75, 3.05) is 7.05 Å². The highest BCUT2D eigenvalue weighted by molar-refractivity contribution is 6.30. The number of nitrogens with one attached hydrogen (secondary N) is 1. The quantitative estimate of drug-likeness (QED) is 0.889. The van der Waals surface area contributed by atoms with Crippen molar-refractivity contribution in [1.82, 2.24) is 14.9 Å². The molecule has 1 heterocycles. The van der Waals surface area contributed by atoms with E-state index in [-0.39, 0.29) is 5.02 Å². The number of carboxylic acid groups (broad SMARTS) is 1. The molecule has 5 nitrogen and oxygen atoms in total. The van der Waals surface area contributed by atoms with Gasteiger partial charge >= 0.3 is 5.97 Å². The molecule has 2 aromatic rings. The fraction of sp³-hybridized carbons (Fsp3) is 0.231. The molecular formula is C13H13ClFN3O2. The Bertz CT molecular complexity index is 604. The Hall–Kier alpha value is -1.92. The summed E-state index contributed by atoms with van der Waals surface area (Å²) in [7, 11) is 1.63. The molecule has 0 bridgehead atoms. The number of nitrogens with zero attached hydrogens (tertiary/aromatic N) is 2. The molecule has 0 saturated heterocycles. The zero-order chi connectivity index (χ0) is 14.7. The number of likely N-dealkylation sites (N-methyl/N-ethyl adjacent to an activating group) is 1. The maximum atomic E-state index is 13.5. The summed E-state index contributed by atoms with van der Waals surface area (Å²) in [6.07, 6.45) is 3.24. The number of carboxylic acids is 1. The molecule has 1 aromatic carbocycles. The number of aromatic nitrogens is 2. The first-order chi connectivity index (χ1) is 9.49. The van der Waals surface area contributed by atoms with E-state index in [0.29, 0.717) is 17.9 Å². The zero-order valence-corrected chi connectivity index (χ0v) is 11.4. The van der Waals surface area contributed by atoms with E-state index in [2.05, 4.69) is 9.97 Å². The van der Waals surface area contributed by atoms with Gasteiger partial charge in [-0.05, 0) is 24.7 Å². The van der Waals surface area contributed by atoms with Crippen LogP contribution in [0.4, 0.5) is 4.39 Å². The molecule has 0 unspecified atom stereocenters. The van der Waals surface area contributed by atoms with Crippen LogP contribution in [0.3, 0.4) is 0 Å². The summed E-state index contributed by atoms with van der Waals surface area (Å²) in [5, 5.41) is 9.32. The molecule has 1 aromatic heterocycles. The van der Waals surface area contributed by atoms with Crippen molar-refractivity contribution in [3.05, 3.63) is 52.8 Å². The van der Waals surface area contributed by atoms with Crippen LogP contribution in [0.25, 0.3) is 0 Å². The number of aromatic amines is 1. The molecule has 1 atom stereocenters. The second-order valence-electron chi connectivity index (χ2n) is 4.37. The number of H-pyrrole nitrogens is 1. The van der Waals surface area contributed by atoms with E-state index in [1.807, 2.05) is 0 Å². The number of halogens is 2. The lowest BCUT2D eigenvalue weighted by Gasteiger charge is -2.24. The summed E-state index contributed by atoms with van der Waals surface area (Å²) in [6.45, 7) is 0.300. The van der Waals surface area contributed by atoms with Gasteiger partial charge in [0, 0.05) is 12.4 Å². The predicted octanol–water partition coefficient (Wildman–Crippen LogP) is 2.46. The summed E-state index contributed by atoms with van der Waals surface area (Å²) in [5.74, 6) is -1.07. The van der Waals surface area contributed by atoms with E-state index in [4.69, 9.17) is 11.6 Å². The van der Waals surface area contributed by atoms with Gasteiger partial charge < -0.3 is 10.1 Å². The fourth-order valence-electron chi connectivity index (χ4n) is 1.98. The number of rotatable bonds is 5. The molecule has 0 aliphatic carbocycles. The van der Waals surface area contributed by atoms with Crippen LogP contribution < -0.4 is 0 Å². The standard InChI is InChI=1S/C13H13ClFN3O2/c1-18(7-11-16-4-5-17-11)12(13(19)20)8-2-3-9(14)10(15)6-8/h2-6,12H,7H2,1H3,(H,16,17)(H,19,20)/t12-/m1/s1. The van der Waals surface area contributed by atoms with Crippen LogP contribution in [0.2, 0.25) is 5.02 Å². The molecule has 2 rings (SSSR count). The Labute approximate surface area is 120 Å². The van der Waals surface area contributed by atoms with Gasteiger partial charge in [-0.1, -0.05) is 17.7 Å². The smallest absolute Gasteiger partial charge is 0.325 e. The van der Waals surface area contributed by atoms with Crippen LogP contribution in [0.5, 0.6) is 0 Å². The van der Waals surface area contributed by atoms with Gasteiger partial charge in [0.2, 0.25) is 0 Å². The number of carbonyl (C=O) groups is 1. The highest BCUT2D eigenvalue weighted by atomic mass is 35.5. The summed E-state index contributed by atoms with van der Waals surface area (Å²) in [4.78, 5) is 19.9. The van der Waals surface area contributed by atoms with E-state index in [1.165, 1.54) is 12.1 Å². The zero-order valence-electron chi connectivity index (χ0n) is 10.7. The maximum absolute atomic E-state index is 13.5. The van der Waals surface area contributed by atoms with Crippen LogP contribution in [0.1, 0.15) is 17.4 Å². The topological polar surface area (TPSA) is 69.2 Å². The van der Waals surface area contributed by atoms with E-state index in [0.717, 1.165) is 6.07 Å². The van der Waals surface area contributed by atoms with Crippen molar-refractivity contribution in [2.45, 2.75) is 12.6 Å². The SMILES string of the molecule is CN(Cc1ncc[nH]1)[C@@H](C(=O)O)c1ccc(Cl)c(F)c1. The Morgan fingerprint density at radius 3 is 2.90 bits per heavy atom. The Morgan fingerprint density at radius 2 is 2.35 bits per heavy atom. The van der Waals surface area contributed by atoms with Gasteiger partial charge in [-0.3, -0.25) is 9.69 Å². The highest BCUT2D eigenvalue weighted by Gasteiger charge is 2.26. The van der Waals surface area contributed by atoms with Crippen molar-refractivity contribution in [1.29, 1.82) is 0 Å². The lowest BCUT2D eigenvalue weighted by Crippen LogP contribution is -2.31. The van der Waals surface area contributed by atoms with Crippen molar-refractivity contribution in [2.24, 2.45) is 0 Å². The maximum Gasteiger partial charge on any atom is 0.325 e. The van der Waals surface area contributed by atoms with Crippen molar-refractivity contribution >= 4 is 17.6 Å². The lowest BCUT2D eigenvalue weighted by molar-refractivity contribution is -0.143. The molecular weight excluding hydrogens is 285 g/mol. The molecule has 20 heavy (non-hydrogen) atoms. The third-order valence-electron chi connectivity index (χ3n) is 2.89. The predicted molar refractivity (Wildman–Crippen MR) is 71.8 cm³/mol. The van der Waals surface area contributed by atoms with Crippen LogP contribution in [0, 0.1) is 5.82 Å². The third kappa shape index (κ3) is 3.15. The van der Waals surface area contributed by atoms with Gasteiger partial charge in [0.25, 0.3) is 0 Å². The van der Waals surface area contributed by atoms with Crippen molar-refractivity contribution < 1.29 is 14.3 Å². The van der Waals surface area contributed by atoms with Gasteiger partial charge in [0.1, 0.15) is 17.7 Å². The highest BCUT2D eigenvalue weighted by Crippen LogP contribution is 2.25. The minimum absolute atomic E-state index is 0.0356. The van der Waals surface area contributed by atoms with Crippen LogP contribution in [-0.4, -0.2) is 33.0 Å². The third-order valence-corrected chi connectivity index (χ3v) is 3.19. The molecule has 0 radical (unpaired) electrons. The summed E-state index contributed by atoms with van der Waals surface area (Å²) < 4.78 is 13.5. The van der Waals surface area contributed by atoms with Gasteiger partial charge in [0.05, 0.1) is 11.6 Å². The molecule has 0 spiro atoms. The number of hydrogen-bond acceptors (Lipinski definition) is 3.